The molecule has 0 unspecified atom stereocenters. The van der Waals surface area contributed by atoms with Crippen LogP contribution < -0.4 is 0 Å². The van der Waals surface area contributed by atoms with Crippen LogP contribution in [-0.4, -0.2) is 93.1 Å². The Kier molecular flexibility index (Phi) is 9.63. The first kappa shape index (κ1) is 24.5. The molecule has 0 aliphatic heterocycles. The van der Waals surface area contributed by atoms with Crippen molar-refractivity contribution < 1.29 is 15.3 Å². The molecular weight excluding hydrogens is 434 g/mol. The molecule has 34 heavy (non-hydrogen) atoms. The summed E-state index contributed by atoms with van der Waals surface area (Å²) in [6.45, 7) is 3.89. The third-order valence-electron chi connectivity index (χ3n) is 4.62. The summed E-state index contributed by atoms with van der Waals surface area (Å²) in [5.74, 6) is 0.360. The van der Waals surface area contributed by atoms with E-state index in [1.165, 1.54) is 18.6 Å². The fourth-order valence-electron chi connectivity index (χ4n) is 2.83. The Bertz CT molecular complexity index is 942. The van der Waals surface area contributed by atoms with Crippen molar-refractivity contribution in [1.82, 2.24) is 19.9 Å². The van der Waals surface area contributed by atoms with Crippen LogP contribution in [0.5, 0.6) is 17.2 Å². The van der Waals surface area contributed by atoms with Crippen molar-refractivity contribution in [2.45, 2.75) is 0 Å². The van der Waals surface area contributed by atoms with Crippen LogP contribution in [0.1, 0.15) is 17.1 Å². The summed E-state index contributed by atoms with van der Waals surface area (Å²) >= 11 is 0. The van der Waals surface area contributed by atoms with Crippen LogP contribution in [-0.2, 0) is 0 Å². The molecule has 0 saturated carbocycles. The van der Waals surface area contributed by atoms with Crippen LogP contribution in [0, 0.1) is 0 Å². The quantitative estimate of drug-likeness (QED) is 0.350. The number of hydrogen-bond acceptors (Lipinski definition) is 10. The second-order valence-corrected chi connectivity index (χ2v) is 7.27. The first-order valence-corrected chi connectivity index (χ1v) is 10.8. The fourth-order valence-corrected chi connectivity index (χ4v) is 2.83. The maximum atomic E-state index is 9.31. The van der Waals surface area contributed by atoms with E-state index in [1.807, 2.05) is 0 Å². The van der Waals surface area contributed by atoms with Crippen molar-refractivity contribution in [3.8, 4) is 17.2 Å². The zero-order valence-electron chi connectivity index (χ0n) is 18.6. The molecule has 0 aromatic carbocycles. The number of aromatic nitrogens is 3. The van der Waals surface area contributed by atoms with Gasteiger partial charge in [-0.1, -0.05) is 0 Å². The molecule has 0 amide bonds. The highest BCUT2D eigenvalue weighted by Crippen LogP contribution is 2.06. The van der Waals surface area contributed by atoms with Crippen LogP contribution in [0.4, 0.5) is 0 Å². The highest BCUT2D eigenvalue weighted by atomic mass is 16.3. The average molecular weight is 462 g/mol. The zero-order chi connectivity index (χ0) is 24.0. The lowest BCUT2D eigenvalue weighted by molar-refractivity contribution is 0.298. The lowest BCUT2D eigenvalue weighted by Gasteiger charge is -2.19. The Labute approximate surface area is 197 Å². The van der Waals surface area contributed by atoms with E-state index in [0.29, 0.717) is 56.4 Å². The predicted octanol–water partition coefficient (Wildman–Crippen LogP) is 1.95. The molecular formula is C24H27N7O3. The van der Waals surface area contributed by atoms with E-state index in [9.17, 15) is 15.3 Å². The highest BCUT2D eigenvalue weighted by Gasteiger charge is 2.03. The van der Waals surface area contributed by atoms with Gasteiger partial charge in [0.05, 0.1) is 55.3 Å². The van der Waals surface area contributed by atoms with Gasteiger partial charge in [-0.15, -0.1) is 0 Å². The number of pyridine rings is 3. The molecule has 10 heteroatoms. The number of hydrogen-bond donors (Lipinski definition) is 3. The number of aliphatic imine (C=N–C) groups is 3. The minimum atomic E-state index is 0.120. The van der Waals surface area contributed by atoms with Crippen LogP contribution in [0.2, 0.25) is 0 Å². The average Bonchev–Trinajstić information content (AvgIpc) is 2.85. The van der Waals surface area contributed by atoms with E-state index < -0.39 is 0 Å². The van der Waals surface area contributed by atoms with Gasteiger partial charge in [0, 0.05) is 38.3 Å². The Morgan fingerprint density at radius 3 is 1.15 bits per heavy atom. The van der Waals surface area contributed by atoms with Crippen molar-refractivity contribution in [2.24, 2.45) is 15.0 Å². The largest absolute Gasteiger partial charge is 0.506 e. The molecule has 3 aromatic rings. The molecule has 176 valence electrons. The second kappa shape index (κ2) is 13.4. The van der Waals surface area contributed by atoms with Crippen LogP contribution in [0.3, 0.4) is 0 Å². The standard InChI is InChI=1S/C24H27N7O3/c32-22-4-1-19(28-16-22)13-25-7-10-31(11-8-26-14-20-2-5-23(33)17-29-20)12-9-27-15-21-3-6-24(34)18-30-21/h1-6,13-18,32-34H,7-12H2. The summed E-state index contributed by atoms with van der Waals surface area (Å²) in [6, 6.07) is 9.83. The van der Waals surface area contributed by atoms with E-state index >= 15 is 0 Å². The molecule has 0 aliphatic carbocycles. The third kappa shape index (κ3) is 9.13. The Morgan fingerprint density at radius 2 is 0.882 bits per heavy atom. The van der Waals surface area contributed by atoms with Gasteiger partial charge in [0.2, 0.25) is 0 Å². The first-order valence-electron chi connectivity index (χ1n) is 10.8. The zero-order valence-corrected chi connectivity index (χ0v) is 18.6. The maximum absolute atomic E-state index is 9.31. The van der Waals surface area contributed by atoms with Gasteiger partial charge in [-0.25, -0.2) is 0 Å². The molecule has 3 rings (SSSR count). The van der Waals surface area contributed by atoms with Crippen molar-refractivity contribution >= 4 is 18.6 Å². The minimum Gasteiger partial charge on any atom is -0.506 e. The molecule has 3 heterocycles. The van der Waals surface area contributed by atoms with Crippen molar-refractivity contribution in [3.63, 3.8) is 0 Å². The van der Waals surface area contributed by atoms with E-state index in [0.717, 1.165) is 0 Å². The van der Waals surface area contributed by atoms with E-state index in [2.05, 4.69) is 34.8 Å². The second-order valence-electron chi connectivity index (χ2n) is 7.27. The topological polar surface area (TPSA) is 140 Å². The van der Waals surface area contributed by atoms with Crippen molar-refractivity contribution in [3.05, 3.63) is 72.1 Å². The van der Waals surface area contributed by atoms with Gasteiger partial charge in [-0.05, 0) is 36.4 Å². The van der Waals surface area contributed by atoms with Crippen LogP contribution in [0.25, 0.3) is 0 Å². The van der Waals surface area contributed by atoms with E-state index in [-0.39, 0.29) is 17.2 Å². The van der Waals surface area contributed by atoms with Gasteiger partial charge in [-0.3, -0.25) is 34.8 Å². The molecule has 0 fully saturated rings. The number of rotatable bonds is 12. The monoisotopic (exact) mass is 461 g/mol. The van der Waals surface area contributed by atoms with Crippen molar-refractivity contribution in [2.75, 3.05) is 39.3 Å². The molecule has 0 bridgehead atoms. The first-order chi connectivity index (χ1) is 16.6. The highest BCUT2D eigenvalue weighted by molar-refractivity contribution is 5.77. The van der Waals surface area contributed by atoms with Crippen LogP contribution >= 0.6 is 0 Å². The molecule has 0 aliphatic rings. The van der Waals surface area contributed by atoms with Gasteiger partial charge in [-0.2, -0.15) is 0 Å². The van der Waals surface area contributed by atoms with Gasteiger partial charge in [0.15, 0.2) is 0 Å². The fraction of sp³-hybridized carbons (Fsp3) is 0.250. The van der Waals surface area contributed by atoms with Gasteiger partial charge in [0.25, 0.3) is 0 Å². The summed E-state index contributed by atoms with van der Waals surface area (Å²) in [6.07, 6.45) is 9.20. The SMILES string of the molecule is Oc1ccc(C=NCCN(CCN=Cc2ccc(O)cn2)CCN=Cc2ccc(O)cn2)nc1. The van der Waals surface area contributed by atoms with Crippen LogP contribution in [0.15, 0.2) is 70.0 Å². The summed E-state index contributed by atoms with van der Waals surface area (Å²) in [7, 11) is 0. The smallest absolute Gasteiger partial charge is 0.133 e. The van der Waals surface area contributed by atoms with Gasteiger partial charge >= 0.3 is 0 Å². The lowest BCUT2D eigenvalue weighted by Crippen LogP contribution is -2.31. The maximum Gasteiger partial charge on any atom is 0.133 e. The molecule has 0 radical (unpaired) electrons. The number of aromatic hydroxyl groups is 3. The van der Waals surface area contributed by atoms with E-state index in [1.54, 1.807) is 55.0 Å². The summed E-state index contributed by atoms with van der Waals surface area (Å²) in [5, 5.41) is 27.9. The van der Waals surface area contributed by atoms with Gasteiger partial charge < -0.3 is 15.3 Å². The molecule has 0 saturated heterocycles. The molecule has 3 aromatic heterocycles. The van der Waals surface area contributed by atoms with Gasteiger partial charge in [0.1, 0.15) is 17.2 Å². The predicted molar refractivity (Wildman–Crippen MR) is 132 cm³/mol. The molecule has 0 atom stereocenters. The Balaban J connectivity index is 1.50. The summed E-state index contributed by atoms with van der Waals surface area (Å²) in [5.41, 5.74) is 2.05. The summed E-state index contributed by atoms with van der Waals surface area (Å²) < 4.78 is 0. The lowest BCUT2D eigenvalue weighted by atomic mass is 10.3. The molecule has 3 N–H and O–H groups in total. The molecule has 10 nitrogen and oxygen atoms in total. The number of nitrogens with zero attached hydrogens (tertiary/aromatic N) is 7. The normalized spacial score (nSPS) is 11.9. The Morgan fingerprint density at radius 1 is 0.559 bits per heavy atom. The minimum absolute atomic E-state index is 0.120. The van der Waals surface area contributed by atoms with E-state index in [4.69, 9.17) is 0 Å². The summed E-state index contributed by atoms with van der Waals surface area (Å²) in [4.78, 5) is 27.8. The third-order valence-corrected chi connectivity index (χ3v) is 4.62. The molecule has 0 spiro atoms. The van der Waals surface area contributed by atoms with Crippen molar-refractivity contribution in [1.29, 1.82) is 0 Å². The Hall–Kier alpha value is -4.18.